The Balaban J connectivity index is 1.72. The highest BCUT2D eigenvalue weighted by Gasteiger charge is 2.20. The molecule has 0 spiro atoms. The number of ether oxygens (including phenoxy) is 2. The zero-order chi connectivity index (χ0) is 21.5. The van der Waals surface area contributed by atoms with Crippen LogP contribution in [0.5, 0.6) is 5.75 Å². The summed E-state index contributed by atoms with van der Waals surface area (Å²) in [4.78, 5) is 19.8. The van der Waals surface area contributed by atoms with E-state index < -0.39 is 6.61 Å². The highest BCUT2D eigenvalue weighted by molar-refractivity contribution is 7.99. The Morgan fingerprint density at radius 2 is 2.00 bits per heavy atom. The van der Waals surface area contributed by atoms with Crippen LogP contribution in [0.25, 0.3) is 0 Å². The Kier molecular flexibility index (Phi) is 7.87. The molecule has 0 radical (unpaired) electrons. The van der Waals surface area contributed by atoms with Gasteiger partial charge in [0.05, 0.1) is 18.8 Å². The topological polar surface area (TPSA) is 63.7 Å². The van der Waals surface area contributed by atoms with Crippen LogP contribution in [0, 0.1) is 6.92 Å². The van der Waals surface area contributed by atoms with Gasteiger partial charge in [-0.05, 0) is 42.0 Å². The van der Waals surface area contributed by atoms with E-state index in [1.807, 2.05) is 19.9 Å². The van der Waals surface area contributed by atoms with Gasteiger partial charge in [-0.25, -0.2) is 4.98 Å². The molecule has 6 nitrogen and oxygen atoms in total. The molecule has 0 atom stereocenters. The number of rotatable bonds is 8. The number of anilines is 1. The van der Waals surface area contributed by atoms with Gasteiger partial charge in [0.1, 0.15) is 16.6 Å². The van der Waals surface area contributed by atoms with E-state index in [2.05, 4.69) is 15.0 Å². The molecule has 1 N–H and O–H groups in total. The molecule has 0 unspecified atom stereocenters. The first-order valence-corrected chi connectivity index (χ1v) is 10.8. The first kappa shape index (κ1) is 22.3. The number of pyridine rings is 1. The zero-order valence-electron chi connectivity index (χ0n) is 17.0. The summed E-state index contributed by atoms with van der Waals surface area (Å²) in [6.07, 6.45) is 0. The first-order valence-electron chi connectivity index (χ1n) is 9.77. The standard InChI is InChI=1S/C21H25F2N3O3S/c1-3-30-20-18(14(2)12-17(25-20)26-8-10-28-11-9-26)19(27)24-13-15-4-6-16(7-5-15)29-21(22)23/h4-7,12,21H,3,8-11,13H2,1-2H3,(H,24,27). The number of nitrogens with zero attached hydrogens (tertiary/aromatic N) is 2. The van der Waals surface area contributed by atoms with Crippen LogP contribution in [-0.2, 0) is 11.3 Å². The molecule has 30 heavy (non-hydrogen) atoms. The summed E-state index contributed by atoms with van der Waals surface area (Å²) in [6.45, 7) is 4.24. The van der Waals surface area contributed by atoms with Crippen LogP contribution in [0.3, 0.4) is 0 Å². The van der Waals surface area contributed by atoms with Crippen molar-refractivity contribution in [3.63, 3.8) is 0 Å². The molecule has 1 fully saturated rings. The fourth-order valence-electron chi connectivity index (χ4n) is 3.16. The minimum absolute atomic E-state index is 0.0838. The number of nitrogens with one attached hydrogen (secondary N) is 1. The van der Waals surface area contributed by atoms with E-state index >= 15 is 0 Å². The van der Waals surface area contributed by atoms with Crippen molar-refractivity contribution >= 4 is 23.5 Å². The molecule has 2 aromatic rings. The van der Waals surface area contributed by atoms with Crippen LogP contribution in [0.4, 0.5) is 14.6 Å². The second-order valence-corrected chi connectivity index (χ2v) is 7.97. The van der Waals surface area contributed by atoms with Gasteiger partial charge in [0.25, 0.3) is 5.91 Å². The largest absolute Gasteiger partial charge is 0.435 e. The second kappa shape index (κ2) is 10.6. The van der Waals surface area contributed by atoms with Crippen LogP contribution >= 0.6 is 11.8 Å². The third kappa shape index (κ3) is 5.82. The Labute approximate surface area is 179 Å². The molecule has 1 aromatic carbocycles. The number of aryl methyl sites for hydroxylation is 1. The van der Waals surface area contributed by atoms with Gasteiger partial charge >= 0.3 is 6.61 Å². The fraction of sp³-hybridized carbons (Fsp3) is 0.429. The van der Waals surface area contributed by atoms with Gasteiger partial charge in [-0.1, -0.05) is 19.1 Å². The van der Waals surface area contributed by atoms with Crippen molar-refractivity contribution < 1.29 is 23.0 Å². The summed E-state index contributed by atoms with van der Waals surface area (Å²) >= 11 is 1.53. The number of hydrogen-bond acceptors (Lipinski definition) is 6. The van der Waals surface area contributed by atoms with Crippen molar-refractivity contribution in [1.82, 2.24) is 10.3 Å². The summed E-state index contributed by atoms with van der Waals surface area (Å²) < 4.78 is 34.3. The highest BCUT2D eigenvalue weighted by Crippen LogP contribution is 2.28. The Morgan fingerprint density at radius 1 is 1.30 bits per heavy atom. The summed E-state index contributed by atoms with van der Waals surface area (Å²) in [6, 6.07) is 8.14. The molecular formula is C21H25F2N3O3S. The van der Waals surface area contributed by atoms with Gasteiger partial charge in [0.15, 0.2) is 0 Å². The van der Waals surface area contributed by atoms with Gasteiger partial charge in [-0.15, -0.1) is 11.8 Å². The highest BCUT2D eigenvalue weighted by atomic mass is 32.2. The van der Waals surface area contributed by atoms with E-state index in [4.69, 9.17) is 9.72 Å². The number of hydrogen-bond donors (Lipinski definition) is 1. The van der Waals surface area contributed by atoms with E-state index in [-0.39, 0.29) is 18.2 Å². The number of carbonyl (C=O) groups excluding carboxylic acids is 1. The summed E-state index contributed by atoms with van der Waals surface area (Å²) in [7, 11) is 0. The maximum absolute atomic E-state index is 12.9. The molecular weight excluding hydrogens is 412 g/mol. The monoisotopic (exact) mass is 437 g/mol. The van der Waals surface area contributed by atoms with Gasteiger partial charge in [0, 0.05) is 19.6 Å². The molecule has 0 saturated carbocycles. The van der Waals surface area contributed by atoms with E-state index in [0.29, 0.717) is 23.8 Å². The smallest absolute Gasteiger partial charge is 0.387 e. The molecule has 1 aromatic heterocycles. The molecule has 2 heterocycles. The molecule has 1 amide bonds. The number of aromatic nitrogens is 1. The minimum Gasteiger partial charge on any atom is -0.435 e. The lowest BCUT2D eigenvalue weighted by atomic mass is 10.1. The molecule has 1 saturated heterocycles. The Bertz CT molecular complexity index is 859. The van der Waals surface area contributed by atoms with Crippen molar-refractivity contribution in [3.8, 4) is 5.75 Å². The van der Waals surface area contributed by atoms with Crippen LogP contribution in [0.15, 0.2) is 35.4 Å². The normalized spacial score (nSPS) is 14.1. The Hall–Kier alpha value is -2.39. The van der Waals surface area contributed by atoms with Gasteiger partial charge in [-0.3, -0.25) is 4.79 Å². The van der Waals surface area contributed by atoms with E-state index in [0.717, 1.165) is 35.8 Å². The van der Waals surface area contributed by atoms with Crippen LogP contribution in [0.1, 0.15) is 28.4 Å². The number of morpholine rings is 1. The predicted octanol–water partition coefficient (Wildman–Crippen LogP) is 3.87. The average Bonchev–Trinajstić information content (AvgIpc) is 2.73. The maximum atomic E-state index is 12.9. The molecule has 0 bridgehead atoms. The Morgan fingerprint density at radius 3 is 2.63 bits per heavy atom. The molecule has 162 valence electrons. The summed E-state index contributed by atoms with van der Waals surface area (Å²) in [5.74, 6) is 1.53. The van der Waals surface area contributed by atoms with Crippen LogP contribution < -0.4 is 15.0 Å². The number of benzene rings is 1. The number of halogens is 2. The molecule has 1 aliphatic heterocycles. The number of amides is 1. The lowest BCUT2D eigenvalue weighted by molar-refractivity contribution is -0.0498. The van der Waals surface area contributed by atoms with Gasteiger partial charge in [-0.2, -0.15) is 8.78 Å². The lowest BCUT2D eigenvalue weighted by Gasteiger charge is -2.28. The van der Waals surface area contributed by atoms with Crippen molar-refractivity contribution in [1.29, 1.82) is 0 Å². The molecule has 0 aliphatic carbocycles. The SMILES string of the molecule is CCSc1nc(N2CCOCC2)cc(C)c1C(=O)NCc1ccc(OC(F)F)cc1. The molecule has 1 aliphatic rings. The van der Waals surface area contributed by atoms with Crippen molar-refractivity contribution in [3.05, 3.63) is 47.0 Å². The van der Waals surface area contributed by atoms with E-state index in [1.54, 1.807) is 12.1 Å². The van der Waals surface area contributed by atoms with Crippen molar-refractivity contribution in [2.75, 3.05) is 37.0 Å². The molecule has 9 heteroatoms. The van der Waals surface area contributed by atoms with Gasteiger partial charge in [0.2, 0.25) is 0 Å². The number of alkyl halides is 2. The van der Waals surface area contributed by atoms with Crippen molar-refractivity contribution in [2.45, 2.75) is 32.0 Å². The molecule has 3 rings (SSSR count). The number of carbonyl (C=O) groups is 1. The quantitative estimate of drug-likeness (QED) is 0.633. The zero-order valence-corrected chi connectivity index (χ0v) is 17.8. The van der Waals surface area contributed by atoms with Crippen molar-refractivity contribution in [2.24, 2.45) is 0 Å². The first-order chi connectivity index (χ1) is 14.5. The summed E-state index contributed by atoms with van der Waals surface area (Å²) in [5, 5.41) is 3.61. The lowest BCUT2D eigenvalue weighted by Crippen LogP contribution is -2.37. The third-order valence-corrected chi connectivity index (χ3v) is 5.47. The van der Waals surface area contributed by atoms with Gasteiger partial charge < -0.3 is 19.7 Å². The second-order valence-electron chi connectivity index (χ2n) is 6.72. The number of thioether (sulfide) groups is 1. The van der Waals surface area contributed by atoms with Crippen LogP contribution in [0.2, 0.25) is 0 Å². The third-order valence-electron chi connectivity index (χ3n) is 4.61. The minimum atomic E-state index is -2.86. The predicted molar refractivity (Wildman–Crippen MR) is 113 cm³/mol. The van der Waals surface area contributed by atoms with E-state index in [9.17, 15) is 13.6 Å². The van der Waals surface area contributed by atoms with Crippen LogP contribution in [-0.4, -0.2) is 49.6 Å². The van der Waals surface area contributed by atoms with E-state index in [1.165, 1.54) is 23.9 Å². The average molecular weight is 438 g/mol. The fourth-order valence-corrected chi connectivity index (χ4v) is 3.99. The summed E-state index contributed by atoms with van der Waals surface area (Å²) in [5.41, 5.74) is 2.21. The maximum Gasteiger partial charge on any atom is 0.387 e.